The average Bonchev–Trinajstić information content (AvgIpc) is 0.940. The smallest absolute Gasteiger partial charge is 0.205 e. The first kappa shape index (κ1) is 73.6. The number of Topliss-reactive ketones (excluding diaryl/α,β-unsaturated/α-hetero) is 3. The number of benzene rings is 7. The number of phenols is 1. The number of nitrogens with two attached hydrogens (primary N) is 1. The molecule has 11 rings (SSSR count). The van der Waals surface area contributed by atoms with Gasteiger partial charge in [-0.2, -0.15) is 0 Å². The van der Waals surface area contributed by atoms with Gasteiger partial charge in [-0.3, -0.25) is 14.4 Å². The third kappa shape index (κ3) is 21.9. The Morgan fingerprint density at radius 2 is 0.806 bits per heavy atom. The quantitative estimate of drug-likeness (QED) is 0.0421. The predicted octanol–water partition coefficient (Wildman–Crippen LogP) is 15.7. The first-order valence-electron chi connectivity index (χ1n) is 31.2. The molecular formula is C75H89Br2NO15. The maximum atomic E-state index is 12.5. The van der Waals surface area contributed by atoms with Gasteiger partial charge < -0.3 is 64.1 Å². The molecule has 0 radical (unpaired) electrons. The normalized spacial score (nSPS) is 16.9. The van der Waals surface area contributed by atoms with Crippen molar-refractivity contribution in [2.75, 3.05) is 17.2 Å². The van der Waals surface area contributed by atoms with Crippen molar-refractivity contribution < 1.29 is 72.7 Å². The fourth-order valence-corrected chi connectivity index (χ4v) is 10.9. The molecule has 18 heteroatoms. The van der Waals surface area contributed by atoms with E-state index in [1.807, 2.05) is 146 Å². The Morgan fingerprint density at radius 1 is 0.452 bits per heavy atom. The molecule has 0 saturated carbocycles. The molecule has 0 amide bonds. The summed E-state index contributed by atoms with van der Waals surface area (Å²) in [5, 5.41) is 38.8. The van der Waals surface area contributed by atoms with Crippen molar-refractivity contribution in [2.24, 2.45) is 5.73 Å². The number of rotatable bonds is 17. The summed E-state index contributed by atoms with van der Waals surface area (Å²) in [6.45, 7) is 21.4. The van der Waals surface area contributed by atoms with Crippen LogP contribution in [0, 0.1) is 0 Å². The zero-order chi connectivity index (χ0) is 67.7. The first-order valence-corrected chi connectivity index (χ1v) is 33.5. The van der Waals surface area contributed by atoms with E-state index in [1.165, 1.54) is 29.3 Å². The van der Waals surface area contributed by atoms with Crippen molar-refractivity contribution >= 4 is 49.2 Å². The molecule has 4 aliphatic heterocycles. The Morgan fingerprint density at radius 3 is 1.20 bits per heavy atom. The van der Waals surface area contributed by atoms with Gasteiger partial charge in [0.1, 0.15) is 28.7 Å². The van der Waals surface area contributed by atoms with Crippen molar-refractivity contribution in [1.82, 2.24) is 0 Å². The number of carbonyl (C=O) groups excluding carboxylic acids is 3. The summed E-state index contributed by atoms with van der Waals surface area (Å²) < 4.78 is 45.2. The number of hydrogen-bond donors (Lipinski definition) is 5. The molecule has 0 saturated heterocycles. The molecule has 4 aliphatic rings. The minimum Gasteiger partial charge on any atom is -0.508 e. The maximum Gasteiger partial charge on any atom is 0.205 e. The van der Waals surface area contributed by atoms with E-state index in [9.17, 15) is 29.7 Å². The van der Waals surface area contributed by atoms with E-state index >= 15 is 0 Å². The van der Waals surface area contributed by atoms with Gasteiger partial charge in [0.15, 0.2) is 17.3 Å². The number of aromatic hydroxyl groups is 1. The van der Waals surface area contributed by atoms with E-state index in [4.69, 9.17) is 48.7 Å². The van der Waals surface area contributed by atoms with Crippen molar-refractivity contribution in [3.63, 3.8) is 0 Å². The molecule has 7 aromatic rings. The van der Waals surface area contributed by atoms with Crippen LogP contribution in [-0.2, 0) is 52.0 Å². The van der Waals surface area contributed by atoms with E-state index < -0.39 is 35.4 Å². The van der Waals surface area contributed by atoms with Gasteiger partial charge >= 0.3 is 0 Å². The highest BCUT2D eigenvalue weighted by Gasteiger charge is 2.31. The summed E-state index contributed by atoms with van der Waals surface area (Å²) in [4.78, 5) is 35.2. The molecular weight excluding hydrogens is 1310 g/mol. The van der Waals surface area contributed by atoms with Crippen LogP contribution in [0.4, 0.5) is 0 Å². The van der Waals surface area contributed by atoms with E-state index in [1.54, 1.807) is 6.07 Å². The van der Waals surface area contributed by atoms with Gasteiger partial charge in [-0.1, -0.05) is 119 Å². The number of fused-ring (bicyclic) bond motifs is 4. The Hall–Kier alpha value is -6.81. The van der Waals surface area contributed by atoms with Crippen LogP contribution in [-0.4, -0.2) is 78.1 Å². The third-order valence-corrected chi connectivity index (χ3v) is 16.9. The first-order chi connectivity index (χ1) is 44.1. The number of halogens is 2. The van der Waals surface area contributed by atoms with Crippen LogP contribution in [0.25, 0.3) is 0 Å². The van der Waals surface area contributed by atoms with Gasteiger partial charge in [-0.15, -0.1) is 0 Å². The second kappa shape index (κ2) is 33.5. The van der Waals surface area contributed by atoms with Crippen molar-refractivity contribution in [3.05, 3.63) is 218 Å². The van der Waals surface area contributed by atoms with Gasteiger partial charge in [0.2, 0.25) is 23.1 Å². The van der Waals surface area contributed by atoms with E-state index in [0.29, 0.717) is 66.7 Å². The SMILES string of the molecule is CC(CCC(=O)c1ccc2c(c1)COC(C)(C)O2)c1ccccc1.CC(CCC(O)c1ccc2c(c1)COC(C)(C)O2)c1ccccc1.CC1(C)OCc2cc(C(=O)CBr)ccc2O1.CC1(C)OCc2cc(C(O)CN)ccc2O1.O=C(CBr)c1ccc(O)c(CO)c1. The van der Waals surface area contributed by atoms with Gasteiger partial charge in [-0.25, -0.2) is 0 Å². The molecule has 7 aromatic carbocycles. The molecule has 16 nitrogen and oxygen atoms in total. The highest BCUT2D eigenvalue weighted by molar-refractivity contribution is 9.09. The molecule has 498 valence electrons. The predicted molar refractivity (Wildman–Crippen MR) is 366 cm³/mol. The van der Waals surface area contributed by atoms with Gasteiger partial charge in [0, 0.05) is 113 Å². The van der Waals surface area contributed by atoms with Crippen LogP contribution >= 0.6 is 31.9 Å². The monoisotopic (exact) mass is 1400 g/mol. The Labute approximate surface area is 563 Å². The van der Waals surface area contributed by atoms with Crippen LogP contribution in [0.5, 0.6) is 28.7 Å². The topological polar surface area (TPSA) is 232 Å². The lowest BCUT2D eigenvalue weighted by molar-refractivity contribution is -0.180. The van der Waals surface area contributed by atoms with Gasteiger partial charge in [-0.05, 0) is 132 Å². The lowest BCUT2D eigenvalue weighted by atomic mass is 9.92. The summed E-state index contributed by atoms with van der Waals surface area (Å²) in [6, 6.07) is 47.7. The second-order valence-electron chi connectivity index (χ2n) is 25.1. The number of alkyl halides is 2. The molecule has 0 fully saturated rings. The zero-order valence-corrected chi connectivity index (χ0v) is 58.0. The van der Waals surface area contributed by atoms with Crippen LogP contribution in [0.1, 0.15) is 200 Å². The van der Waals surface area contributed by atoms with Crippen LogP contribution < -0.4 is 24.7 Å². The van der Waals surface area contributed by atoms with Gasteiger partial charge in [0.25, 0.3) is 0 Å². The maximum absolute atomic E-state index is 12.5. The number of hydrogen-bond acceptors (Lipinski definition) is 16. The van der Waals surface area contributed by atoms with Crippen LogP contribution in [0.3, 0.4) is 0 Å². The molecule has 93 heavy (non-hydrogen) atoms. The van der Waals surface area contributed by atoms with Crippen molar-refractivity contribution in [2.45, 2.75) is 175 Å². The molecule has 0 bridgehead atoms. The minimum absolute atomic E-state index is 0.00798. The number of aliphatic hydroxyl groups excluding tert-OH is 3. The lowest BCUT2D eigenvalue weighted by Gasteiger charge is -2.33. The number of ether oxygens (including phenoxy) is 8. The minimum atomic E-state index is -0.625. The zero-order valence-electron chi connectivity index (χ0n) is 54.8. The standard InChI is InChI=1S/C21H26O3.C21H24O3.C12H13BrO3.C12H17NO3.C9H9BrO3/c2*1-15(16-7-5-4-6-8-16)9-11-19(22)17-10-12-20-18(13-17)14-23-21(2,3)24-20;2*1-12(2)15-7-9-5-8(10(14)6-13)3-4-11(9)16-12;10-4-9(13)6-1-2-8(12)7(3-6)5-11/h4-8,10,12-13,15,19,22H,9,11,14H2,1-3H3;4-8,10,12-13,15H,9,11,14H2,1-3H3;3-5H,6-7H2,1-2H3;3-5,10,14H,6-7,13H2,1-2H3;1-3,11-12H,4-5H2. The van der Waals surface area contributed by atoms with Crippen LogP contribution in [0.2, 0.25) is 0 Å². The highest BCUT2D eigenvalue weighted by Crippen LogP contribution is 2.38. The second-order valence-corrected chi connectivity index (χ2v) is 26.2. The van der Waals surface area contributed by atoms with Crippen LogP contribution in [0.15, 0.2) is 152 Å². The summed E-state index contributed by atoms with van der Waals surface area (Å²) in [7, 11) is 0. The number of aliphatic hydroxyl groups is 3. The largest absolute Gasteiger partial charge is 0.508 e. The molecule has 0 spiro atoms. The summed E-state index contributed by atoms with van der Waals surface area (Å²) in [5.41, 5.74) is 15.8. The van der Waals surface area contributed by atoms with E-state index in [2.05, 4.69) is 82.1 Å². The Kier molecular flexibility index (Phi) is 26.5. The fourth-order valence-electron chi connectivity index (χ4n) is 10.3. The lowest BCUT2D eigenvalue weighted by Crippen LogP contribution is -2.35. The van der Waals surface area contributed by atoms with E-state index in [0.717, 1.165) is 81.2 Å². The molecule has 4 unspecified atom stereocenters. The Balaban J connectivity index is 0.000000168. The van der Waals surface area contributed by atoms with Crippen molar-refractivity contribution in [1.29, 1.82) is 0 Å². The van der Waals surface area contributed by atoms with Gasteiger partial charge in [0.05, 0.1) is 55.9 Å². The molecule has 0 aromatic heterocycles. The molecule has 6 N–H and O–H groups in total. The molecule has 4 heterocycles. The summed E-state index contributed by atoms with van der Waals surface area (Å²) >= 11 is 6.20. The Bertz CT molecular complexity index is 3610. The van der Waals surface area contributed by atoms with Crippen molar-refractivity contribution in [3.8, 4) is 28.7 Å². The molecule has 4 atom stereocenters. The fraction of sp³-hybridized carbons (Fsp3) is 0.400. The summed E-state index contributed by atoms with van der Waals surface area (Å²) in [6.07, 6.45) is 1.99. The number of ketones is 3. The van der Waals surface area contributed by atoms with E-state index in [-0.39, 0.29) is 41.6 Å². The highest BCUT2D eigenvalue weighted by atomic mass is 79.9. The third-order valence-electron chi connectivity index (χ3n) is 15.9. The average molecular weight is 1400 g/mol. The number of carbonyl (C=O) groups is 3. The molecule has 0 aliphatic carbocycles. The summed E-state index contributed by atoms with van der Waals surface area (Å²) in [5.74, 6) is 1.87.